The average Bonchev–Trinajstić information content (AvgIpc) is 3.06. The van der Waals surface area contributed by atoms with Crippen LogP contribution >= 0.6 is 0 Å². The number of nitrogens with one attached hydrogen (secondary N) is 1. The monoisotopic (exact) mass is 371 g/mol. The van der Waals surface area contributed by atoms with Gasteiger partial charge in [0.2, 0.25) is 0 Å². The van der Waals surface area contributed by atoms with E-state index in [9.17, 15) is 14.7 Å². The molecule has 1 unspecified atom stereocenters. The van der Waals surface area contributed by atoms with E-state index in [0.717, 1.165) is 51.0 Å². The summed E-state index contributed by atoms with van der Waals surface area (Å²) in [5, 5.41) is 12.7. The van der Waals surface area contributed by atoms with Crippen LogP contribution in [0.4, 0.5) is 10.5 Å². The van der Waals surface area contributed by atoms with Gasteiger partial charge in [-0.2, -0.15) is 0 Å². The zero-order valence-electron chi connectivity index (χ0n) is 15.7. The lowest BCUT2D eigenvalue weighted by Crippen LogP contribution is -2.43. The van der Waals surface area contributed by atoms with Gasteiger partial charge in [-0.15, -0.1) is 0 Å². The number of hydrogen-bond donors (Lipinski definition) is 2. The Bertz CT molecular complexity index is 667. The van der Waals surface area contributed by atoms with Crippen molar-refractivity contribution in [2.45, 2.75) is 50.6 Å². The van der Waals surface area contributed by atoms with Gasteiger partial charge in [-0.3, -0.25) is 9.69 Å². The second-order valence-corrected chi connectivity index (χ2v) is 8.14. The molecule has 2 saturated heterocycles. The van der Waals surface area contributed by atoms with Crippen molar-refractivity contribution in [1.29, 1.82) is 0 Å². The molecule has 0 spiro atoms. The first-order valence-corrected chi connectivity index (χ1v) is 10.2. The highest BCUT2D eigenvalue weighted by Crippen LogP contribution is 2.36. The summed E-state index contributed by atoms with van der Waals surface area (Å²) in [7, 11) is 0. The Morgan fingerprint density at radius 3 is 2.30 bits per heavy atom. The van der Waals surface area contributed by atoms with E-state index in [2.05, 4.69) is 5.32 Å². The molecule has 1 saturated carbocycles. The molecule has 1 aliphatic carbocycles. The zero-order chi connectivity index (χ0) is 18.8. The molecule has 4 rings (SSSR count). The summed E-state index contributed by atoms with van der Waals surface area (Å²) in [6.07, 6.45) is 5.14. The molecule has 1 aromatic rings. The van der Waals surface area contributed by atoms with Crippen molar-refractivity contribution >= 4 is 17.7 Å². The number of urea groups is 1. The quantitative estimate of drug-likeness (QED) is 0.854. The van der Waals surface area contributed by atoms with E-state index in [1.165, 1.54) is 0 Å². The summed E-state index contributed by atoms with van der Waals surface area (Å²) >= 11 is 0. The number of carbonyl (C=O) groups excluding carboxylic acids is 1. The lowest BCUT2D eigenvalue weighted by molar-refractivity contribution is -0.143. The number of amides is 2. The van der Waals surface area contributed by atoms with Crippen molar-refractivity contribution in [2.75, 3.05) is 24.5 Å². The van der Waals surface area contributed by atoms with E-state index in [1.54, 1.807) is 0 Å². The maximum Gasteiger partial charge on any atom is 0.325 e. The van der Waals surface area contributed by atoms with Crippen LogP contribution in [0, 0.1) is 11.8 Å². The maximum atomic E-state index is 13.4. The minimum atomic E-state index is -0.695. The third-order valence-electron chi connectivity index (χ3n) is 6.62. The van der Waals surface area contributed by atoms with Gasteiger partial charge >= 0.3 is 12.0 Å². The Hall–Kier alpha value is -2.08. The van der Waals surface area contributed by atoms with Crippen LogP contribution < -0.4 is 10.2 Å². The molecule has 27 heavy (non-hydrogen) atoms. The lowest BCUT2D eigenvalue weighted by atomic mass is 9.85. The number of hydrogen-bond acceptors (Lipinski definition) is 3. The number of para-hydroxylation sites is 1. The minimum Gasteiger partial charge on any atom is -0.481 e. The fourth-order valence-corrected chi connectivity index (χ4v) is 5.06. The molecule has 3 fully saturated rings. The highest BCUT2D eigenvalue weighted by Gasteiger charge is 2.45. The number of carboxylic acid groups (broad SMARTS) is 1. The highest BCUT2D eigenvalue weighted by atomic mass is 16.4. The van der Waals surface area contributed by atoms with E-state index in [1.807, 2.05) is 40.1 Å². The van der Waals surface area contributed by atoms with Gasteiger partial charge in [-0.25, -0.2) is 4.79 Å². The summed E-state index contributed by atoms with van der Waals surface area (Å²) in [5.41, 5.74) is 0.979. The number of carbonyl (C=O) groups is 2. The molecule has 2 heterocycles. The van der Waals surface area contributed by atoms with Gasteiger partial charge in [0.1, 0.15) is 0 Å². The Morgan fingerprint density at radius 1 is 1.00 bits per heavy atom. The smallest absolute Gasteiger partial charge is 0.325 e. The van der Waals surface area contributed by atoms with Crippen LogP contribution in [0.2, 0.25) is 0 Å². The molecule has 2 N–H and O–H groups in total. The summed E-state index contributed by atoms with van der Waals surface area (Å²) in [5.74, 6) is -0.431. The first-order chi connectivity index (χ1) is 13.1. The Labute approximate surface area is 160 Å². The van der Waals surface area contributed by atoms with Crippen LogP contribution in [0.1, 0.15) is 38.5 Å². The van der Waals surface area contributed by atoms with E-state index < -0.39 is 5.97 Å². The fraction of sp³-hybridized carbons (Fsp3) is 0.619. The first-order valence-electron chi connectivity index (χ1n) is 10.2. The number of nitrogens with zero attached hydrogens (tertiary/aromatic N) is 2. The highest BCUT2D eigenvalue weighted by molar-refractivity contribution is 5.95. The minimum absolute atomic E-state index is 0.100. The zero-order valence-corrected chi connectivity index (χ0v) is 15.7. The van der Waals surface area contributed by atoms with Gasteiger partial charge in [0.25, 0.3) is 0 Å². The Balaban J connectivity index is 1.54. The van der Waals surface area contributed by atoms with Crippen LogP contribution in [0.5, 0.6) is 0 Å². The first kappa shape index (κ1) is 18.3. The van der Waals surface area contributed by atoms with Crippen molar-refractivity contribution in [3.8, 4) is 0 Å². The van der Waals surface area contributed by atoms with Crippen molar-refractivity contribution < 1.29 is 14.7 Å². The standard InChI is InChI=1S/C21H29N3O3/c25-20(26)16-6-8-17(9-7-16)23-14-19(15-10-12-22-13-11-15)24(21(23)27)18-4-2-1-3-5-18/h1-5,15-17,19,22H,6-14H2,(H,25,26). The molecule has 2 aliphatic heterocycles. The summed E-state index contributed by atoms with van der Waals surface area (Å²) < 4.78 is 0. The van der Waals surface area contributed by atoms with Gasteiger partial charge < -0.3 is 15.3 Å². The van der Waals surface area contributed by atoms with Crippen molar-refractivity contribution in [3.05, 3.63) is 30.3 Å². The number of piperidine rings is 1. The topological polar surface area (TPSA) is 72.9 Å². The number of rotatable bonds is 4. The van der Waals surface area contributed by atoms with Gasteiger partial charge in [0.05, 0.1) is 12.0 Å². The number of anilines is 1. The van der Waals surface area contributed by atoms with Crippen molar-refractivity contribution in [2.24, 2.45) is 11.8 Å². The van der Waals surface area contributed by atoms with Crippen LogP contribution in [-0.4, -0.2) is 53.7 Å². The molecule has 146 valence electrons. The largest absolute Gasteiger partial charge is 0.481 e. The SMILES string of the molecule is O=C(O)C1CCC(N2CC(C3CCNCC3)N(c3ccccc3)C2=O)CC1. The van der Waals surface area contributed by atoms with Crippen molar-refractivity contribution in [3.63, 3.8) is 0 Å². The lowest BCUT2D eigenvalue weighted by Gasteiger charge is -2.33. The van der Waals surface area contributed by atoms with E-state index in [-0.39, 0.29) is 24.0 Å². The molecule has 0 bridgehead atoms. The molecule has 1 atom stereocenters. The molecule has 6 heteroatoms. The molecule has 0 aromatic heterocycles. The predicted octanol–water partition coefficient (Wildman–Crippen LogP) is 2.94. The van der Waals surface area contributed by atoms with Gasteiger partial charge in [0.15, 0.2) is 0 Å². The summed E-state index contributed by atoms with van der Waals surface area (Å²) in [4.78, 5) is 28.7. The van der Waals surface area contributed by atoms with Gasteiger partial charge in [-0.05, 0) is 69.7 Å². The Kier molecular flexibility index (Phi) is 5.34. The maximum absolute atomic E-state index is 13.4. The predicted molar refractivity (Wildman–Crippen MR) is 104 cm³/mol. The molecule has 6 nitrogen and oxygen atoms in total. The summed E-state index contributed by atoms with van der Waals surface area (Å²) in [6.45, 7) is 2.80. The second kappa shape index (κ2) is 7.89. The molecule has 2 amide bonds. The molecular formula is C21H29N3O3. The number of benzene rings is 1. The van der Waals surface area contributed by atoms with Crippen LogP contribution in [0.3, 0.4) is 0 Å². The number of carboxylic acids is 1. The Morgan fingerprint density at radius 2 is 1.67 bits per heavy atom. The summed E-state index contributed by atoms with van der Waals surface area (Å²) in [6, 6.07) is 10.5. The van der Waals surface area contributed by atoms with E-state index in [0.29, 0.717) is 18.8 Å². The molecule has 0 radical (unpaired) electrons. The fourth-order valence-electron chi connectivity index (χ4n) is 5.06. The third-order valence-corrected chi connectivity index (χ3v) is 6.62. The second-order valence-electron chi connectivity index (χ2n) is 8.14. The van der Waals surface area contributed by atoms with Crippen molar-refractivity contribution in [1.82, 2.24) is 10.2 Å². The van der Waals surface area contributed by atoms with Crippen LogP contribution in [0.15, 0.2) is 30.3 Å². The van der Waals surface area contributed by atoms with Crippen LogP contribution in [0.25, 0.3) is 0 Å². The normalized spacial score (nSPS) is 29.9. The molecule has 3 aliphatic rings. The average molecular weight is 371 g/mol. The third kappa shape index (κ3) is 3.68. The van der Waals surface area contributed by atoms with Gasteiger partial charge in [-0.1, -0.05) is 18.2 Å². The van der Waals surface area contributed by atoms with E-state index in [4.69, 9.17) is 0 Å². The molecule has 1 aromatic carbocycles. The number of aliphatic carboxylic acids is 1. The van der Waals surface area contributed by atoms with Gasteiger partial charge in [0, 0.05) is 18.3 Å². The molecular weight excluding hydrogens is 342 g/mol. The van der Waals surface area contributed by atoms with E-state index >= 15 is 0 Å². The van der Waals surface area contributed by atoms with Crippen LogP contribution in [-0.2, 0) is 4.79 Å².